The summed E-state index contributed by atoms with van der Waals surface area (Å²) in [5.74, 6) is -0.927. The predicted molar refractivity (Wildman–Crippen MR) is 48.2 cm³/mol. The van der Waals surface area contributed by atoms with E-state index < -0.39 is 11.8 Å². The van der Waals surface area contributed by atoms with Crippen molar-refractivity contribution in [3.8, 4) is 0 Å². The van der Waals surface area contributed by atoms with E-state index in [-0.39, 0.29) is 16.2 Å². The van der Waals surface area contributed by atoms with Crippen LogP contribution in [0.25, 0.3) is 0 Å². The van der Waals surface area contributed by atoms with Gasteiger partial charge in [0, 0.05) is 6.07 Å². The third-order valence-corrected chi connectivity index (χ3v) is 2.14. The van der Waals surface area contributed by atoms with Crippen LogP contribution < -0.4 is 10.4 Å². The fourth-order valence-corrected chi connectivity index (χ4v) is 1.51. The van der Waals surface area contributed by atoms with E-state index in [1.165, 1.54) is 13.1 Å². The van der Waals surface area contributed by atoms with Crippen molar-refractivity contribution in [3.63, 3.8) is 0 Å². The molecule has 72 valence electrons. The first-order valence-electron chi connectivity index (χ1n) is 4.11. The van der Waals surface area contributed by atoms with Crippen molar-refractivity contribution in [1.82, 2.24) is 5.32 Å². The first kappa shape index (κ1) is 8.86. The molecule has 14 heavy (non-hydrogen) atoms. The van der Waals surface area contributed by atoms with Crippen molar-refractivity contribution >= 4 is 17.5 Å². The monoisotopic (exact) mass is 192 g/mol. The van der Waals surface area contributed by atoms with Gasteiger partial charge in [0.25, 0.3) is 11.8 Å². The molecule has 0 fully saturated rings. The molecule has 0 spiro atoms. The van der Waals surface area contributed by atoms with Crippen LogP contribution in [-0.2, 0) is 0 Å². The molecule has 0 saturated heterocycles. The average Bonchev–Trinajstić information content (AvgIpc) is 2.43. The van der Waals surface area contributed by atoms with E-state index in [2.05, 4.69) is 5.32 Å². The second-order valence-electron chi connectivity index (χ2n) is 3.07. The molecular formula is C9H8N2O3. The standard InChI is InChI=1S/C9H8N2O3/c1-11(14)6-4-2-3-5-7(6)9(13)10-8(5)12/h2-4,11H,1H3,(H,10,12,13). The van der Waals surface area contributed by atoms with E-state index in [1.54, 1.807) is 12.1 Å². The van der Waals surface area contributed by atoms with Crippen molar-refractivity contribution in [2.75, 3.05) is 7.05 Å². The number of quaternary nitrogens is 1. The summed E-state index contributed by atoms with van der Waals surface area (Å²) < 4.78 is 0. The number of benzene rings is 1. The lowest BCUT2D eigenvalue weighted by atomic mass is 10.1. The summed E-state index contributed by atoms with van der Waals surface area (Å²) in [5, 5.41) is 13.1. The molecule has 0 bridgehead atoms. The first-order valence-corrected chi connectivity index (χ1v) is 4.11. The summed E-state index contributed by atoms with van der Waals surface area (Å²) >= 11 is 0. The molecule has 2 amide bonds. The minimum absolute atomic E-state index is 0.199. The van der Waals surface area contributed by atoms with Gasteiger partial charge in [-0.15, -0.1) is 0 Å². The summed E-state index contributed by atoms with van der Waals surface area (Å²) in [6.45, 7) is 0. The van der Waals surface area contributed by atoms with Gasteiger partial charge in [-0.3, -0.25) is 14.9 Å². The maximum Gasteiger partial charge on any atom is 0.265 e. The molecule has 5 nitrogen and oxygen atoms in total. The number of nitrogens with one attached hydrogen (secondary N) is 2. The molecule has 0 saturated carbocycles. The molecule has 1 aromatic carbocycles. The zero-order chi connectivity index (χ0) is 10.3. The van der Waals surface area contributed by atoms with Crippen LogP contribution in [0, 0.1) is 5.21 Å². The van der Waals surface area contributed by atoms with Crippen LogP contribution in [0.15, 0.2) is 18.2 Å². The van der Waals surface area contributed by atoms with Crippen LogP contribution in [0.2, 0.25) is 0 Å². The largest absolute Gasteiger partial charge is 0.629 e. The smallest absolute Gasteiger partial charge is 0.265 e. The van der Waals surface area contributed by atoms with Crippen molar-refractivity contribution in [3.05, 3.63) is 34.5 Å². The van der Waals surface area contributed by atoms with Crippen LogP contribution in [0.4, 0.5) is 5.69 Å². The highest BCUT2D eigenvalue weighted by atomic mass is 16.5. The van der Waals surface area contributed by atoms with E-state index in [9.17, 15) is 14.8 Å². The summed E-state index contributed by atoms with van der Waals surface area (Å²) in [6, 6.07) is 4.66. The SMILES string of the molecule is C[NH+]([O-])c1cccc2c1C(=O)NC2=O. The molecule has 1 aliphatic heterocycles. The Morgan fingerprint density at radius 1 is 1.29 bits per heavy atom. The first-order chi connectivity index (χ1) is 6.61. The fourth-order valence-electron chi connectivity index (χ4n) is 1.51. The second kappa shape index (κ2) is 2.90. The quantitative estimate of drug-likeness (QED) is 0.452. The minimum atomic E-state index is -0.490. The van der Waals surface area contributed by atoms with Gasteiger partial charge in [0.05, 0.1) is 12.6 Å². The van der Waals surface area contributed by atoms with Crippen molar-refractivity contribution in [2.24, 2.45) is 0 Å². The maximum absolute atomic E-state index is 11.3. The molecule has 2 rings (SSSR count). The summed E-state index contributed by atoms with van der Waals surface area (Å²) in [4.78, 5) is 22.5. The zero-order valence-corrected chi connectivity index (χ0v) is 7.46. The Bertz CT molecular complexity index is 426. The lowest BCUT2D eigenvalue weighted by Crippen LogP contribution is -2.98. The molecule has 2 N–H and O–H groups in total. The highest BCUT2D eigenvalue weighted by molar-refractivity contribution is 6.23. The number of imide groups is 1. The minimum Gasteiger partial charge on any atom is -0.629 e. The molecule has 0 aliphatic carbocycles. The Labute approximate surface area is 79.9 Å². The third-order valence-electron chi connectivity index (χ3n) is 2.14. The fraction of sp³-hybridized carbons (Fsp3) is 0.111. The van der Waals surface area contributed by atoms with Crippen LogP contribution in [0.1, 0.15) is 20.7 Å². The molecule has 1 heterocycles. The van der Waals surface area contributed by atoms with Crippen molar-refractivity contribution in [2.45, 2.75) is 0 Å². The van der Waals surface area contributed by atoms with Crippen LogP contribution >= 0.6 is 0 Å². The topological polar surface area (TPSA) is 73.7 Å². The number of fused-ring (bicyclic) bond motifs is 1. The van der Waals surface area contributed by atoms with Gasteiger partial charge in [-0.1, -0.05) is 6.07 Å². The van der Waals surface area contributed by atoms with Gasteiger partial charge in [-0.25, -0.2) is 0 Å². The van der Waals surface area contributed by atoms with Gasteiger partial charge < -0.3 is 10.3 Å². The van der Waals surface area contributed by atoms with Crippen molar-refractivity contribution in [1.29, 1.82) is 0 Å². The molecule has 5 heteroatoms. The van der Waals surface area contributed by atoms with Gasteiger partial charge in [0.2, 0.25) is 0 Å². The Balaban J connectivity index is 2.68. The zero-order valence-electron chi connectivity index (χ0n) is 7.46. The van der Waals surface area contributed by atoms with Crippen LogP contribution in [0.3, 0.4) is 0 Å². The van der Waals surface area contributed by atoms with Gasteiger partial charge in [-0.2, -0.15) is 0 Å². The Morgan fingerprint density at radius 3 is 2.64 bits per heavy atom. The van der Waals surface area contributed by atoms with E-state index in [1.807, 2.05) is 0 Å². The number of carbonyl (C=O) groups excluding carboxylic acids is 2. The lowest BCUT2D eigenvalue weighted by molar-refractivity contribution is -0.751. The van der Waals surface area contributed by atoms with E-state index in [4.69, 9.17) is 0 Å². The van der Waals surface area contributed by atoms with Crippen molar-refractivity contribution < 1.29 is 14.7 Å². The molecule has 0 radical (unpaired) electrons. The van der Waals surface area contributed by atoms with Gasteiger partial charge in [0.1, 0.15) is 11.3 Å². The maximum atomic E-state index is 11.3. The highest BCUT2D eigenvalue weighted by Gasteiger charge is 2.31. The van der Waals surface area contributed by atoms with Gasteiger partial charge in [-0.05, 0) is 6.07 Å². The van der Waals surface area contributed by atoms with E-state index in [0.29, 0.717) is 5.69 Å². The van der Waals surface area contributed by atoms with Gasteiger partial charge in [0.15, 0.2) is 0 Å². The summed E-state index contributed by atoms with van der Waals surface area (Å²) in [7, 11) is 1.37. The number of hydrogen-bond acceptors (Lipinski definition) is 3. The molecule has 1 aliphatic rings. The van der Waals surface area contributed by atoms with Crippen LogP contribution in [-0.4, -0.2) is 18.9 Å². The number of rotatable bonds is 1. The summed E-state index contributed by atoms with van der Waals surface area (Å²) in [6.07, 6.45) is 0. The van der Waals surface area contributed by atoms with Crippen LogP contribution in [0.5, 0.6) is 0 Å². The molecule has 1 atom stereocenters. The van der Waals surface area contributed by atoms with E-state index in [0.717, 1.165) is 0 Å². The lowest BCUT2D eigenvalue weighted by Gasteiger charge is -2.17. The molecule has 0 aromatic heterocycles. The Hall–Kier alpha value is -1.72. The average molecular weight is 192 g/mol. The Morgan fingerprint density at radius 2 is 2.00 bits per heavy atom. The number of amides is 2. The second-order valence-corrected chi connectivity index (χ2v) is 3.07. The summed E-state index contributed by atoms with van der Waals surface area (Å²) in [5.41, 5.74) is 0.776. The third kappa shape index (κ3) is 1.11. The normalized spacial score (nSPS) is 16.4. The molecule has 1 aromatic rings. The predicted octanol–water partition coefficient (Wildman–Crippen LogP) is -0.786. The molecular weight excluding hydrogens is 184 g/mol. The number of hydroxylamine groups is 1. The Kier molecular flexibility index (Phi) is 1.83. The highest BCUT2D eigenvalue weighted by Crippen LogP contribution is 2.20. The number of carbonyl (C=O) groups is 2. The van der Waals surface area contributed by atoms with Gasteiger partial charge >= 0.3 is 0 Å². The van der Waals surface area contributed by atoms with E-state index >= 15 is 0 Å². The number of hydrogen-bond donors (Lipinski definition) is 2. The molecule has 1 unspecified atom stereocenters.